The standard InChI is InChI=1S/C24H21Cl2N3O3/c1-15-13-20(26)9-12-22(15)32-14-23(30)29-28-16(2)17-5-10-21(11-6-17)27-24(31)18-3-7-19(25)8-4-18/h3-13H,14H2,1-2H3,(H,27,31)(H,29,30)/b28-16+. The summed E-state index contributed by atoms with van der Waals surface area (Å²) in [7, 11) is 0. The monoisotopic (exact) mass is 469 g/mol. The number of hydrazone groups is 1. The van der Waals surface area contributed by atoms with E-state index in [1.54, 1.807) is 73.7 Å². The third-order valence-electron chi connectivity index (χ3n) is 4.51. The molecule has 0 saturated heterocycles. The van der Waals surface area contributed by atoms with Crippen LogP contribution in [0.5, 0.6) is 5.75 Å². The summed E-state index contributed by atoms with van der Waals surface area (Å²) in [5, 5.41) is 8.10. The number of halogens is 2. The number of ether oxygens (including phenoxy) is 1. The zero-order valence-electron chi connectivity index (χ0n) is 17.5. The van der Waals surface area contributed by atoms with Crippen LogP contribution < -0.4 is 15.5 Å². The Balaban J connectivity index is 1.52. The Morgan fingerprint density at radius 1 is 0.906 bits per heavy atom. The van der Waals surface area contributed by atoms with Crippen LogP contribution in [0.15, 0.2) is 71.8 Å². The Morgan fingerprint density at radius 2 is 1.53 bits per heavy atom. The van der Waals surface area contributed by atoms with Crippen molar-refractivity contribution in [3.63, 3.8) is 0 Å². The van der Waals surface area contributed by atoms with Gasteiger partial charge in [-0.1, -0.05) is 35.3 Å². The second-order valence-corrected chi connectivity index (χ2v) is 7.84. The number of hydrogen-bond acceptors (Lipinski definition) is 4. The molecule has 164 valence electrons. The first kappa shape index (κ1) is 23.3. The molecule has 0 bridgehead atoms. The van der Waals surface area contributed by atoms with E-state index in [-0.39, 0.29) is 18.4 Å². The first-order chi connectivity index (χ1) is 15.3. The molecule has 0 atom stereocenters. The maximum Gasteiger partial charge on any atom is 0.277 e. The number of carbonyl (C=O) groups is 2. The predicted octanol–water partition coefficient (Wildman–Crippen LogP) is 5.47. The number of amides is 2. The third-order valence-corrected chi connectivity index (χ3v) is 5.00. The topological polar surface area (TPSA) is 79.8 Å². The quantitative estimate of drug-likeness (QED) is 0.355. The molecule has 0 spiro atoms. The summed E-state index contributed by atoms with van der Waals surface area (Å²) in [5.74, 6) is -0.0324. The summed E-state index contributed by atoms with van der Waals surface area (Å²) in [6.45, 7) is 3.45. The molecule has 2 N–H and O–H groups in total. The summed E-state index contributed by atoms with van der Waals surface area (Å²) >= 11 is 11.8. The van der Waals surface area contributed by atoms with Gasteiger partial charge in [0.15, 0.2) is 6.61 Å². The largest absolute Gasteiger partial charge is 0.483 e. The molecular weight excluding hydrogens is 449 g/mol. The molecule has 3 aromatic carbocycles. The van der Waals surface area contributed by atoms with Gasteiger partial charge < -0.3 is 10.1 Å². The summed E-state index contributed by atoms with van der Waals surface area (Å²) < 4.78 is 5.50. The number of nitrogens with zero attached hydrogens (tertiary/aromatic N) is 1. The number of benzene rings is 3. The Kier molecular flexibility index (Phi) is 7.87. The summed E-state index contributed by atoms with van der Waals surface area (Å²) in [5.41, 5.74) is 5.86. The van der Waals surface area contributed by atoms with Crippen molar-refractivity contribution in [3.05, 3.63) is 93.5 Å². The van der Waals surface area contributed by atoms with Crippen LogP contribution in [0.4, 0.5) is 5.69 Å². The average molecular weight is 470 g/mol. The molecule has 0 heterocycles. The number of nitrogens with one attached hydrogen (secondary N) is 2. The Bertz CT molecular complexity index is 1140. The van der Waals surface area contributed by atoms with Crippen molar-refractivity contribution < 1.29 is 14.3 Å². The number of rotatable bonds is 7. The summed E-state index contributed by atoms with van der Waals surface area (Å²) in [6, 6.07) is 18.9. The molecule has 8 heteroatoms. The van der Waals surface area contributed by atoms with E-state index in [1.807, 2.05) is 6.92 Å². The van der Waals surface area contributed by atoms with E-state index in [2.05, 4.69) is 15.8 Å². The molecule has 3 rings (SSSR count). The van der Waals surface area contributed by atoms with Crippen molar-refractivity contribution in [3.8, 4) is 5.75 Å². The van der Waals surface area contributed by atoms with Crippen LogP contribution in [0, 0.1) is 6.92 Å². The van der Waals surface area contributed by atoms with Gasteiger partial charge in [0.05, 0.1) is 5.71 Å². The highest BCUT2D eigenvalue weighted by Gasteiger charge is 2.08. The summed E-state index contributed by atoms with van der Waals surface area (Å²) in [4.78, 5) is 24.3. The molecule has 0 aliphatic carbocycles. The zero-order chi connectivity index (χ0) is 23.1. The van der Waals surface area contributed by atoms with E-state index in [9.17, 15) is 9.59 Å². The van der Waals surface area contributed by atoms with E-state index in [0.717, 1.165) is 11.1 Å². The molecule has 32 heavy (non-hydrogen) atoms. The number of aryl methyl sites for hydroxylation is 1. The van der Waals surface area contributed by atoms with Crippen molar-refractivity contribution in [2.45, 2.75) is 13.8 Å². The Hall–Kier alpha value is -3.35. The van der Waals surface area contributed by atoms with Crippen LogP contribution in [0.2, 0.25) is 10.0 Å². The predicted molar refractivity (Wildman–Crippen MR) is 128 cm³/mol. The number of hydrogen-bond donors (Lipinski definition) is 2. The second-order valence-electron chi connectivity index (χ2n) is 6.97. The van der Waals surface area contributed by atoms with Gasteiger partial charge in [-0.2, -0.15) is 5.10 Å². The van der Waals surface area contributed by atoms with E-state index in [4.69, 9.17) is 27.9 Å². The van der Waals surface area contributed by atoms with Crippen LogP contribution >= 0.6 is 23.2 Å². The summed E-state index contributed by atoms with van der Waals surface area (Å²) in [6.07, 6.45) is 0. The second kappa shape index (κ2) is 10.8. The fraction of sp³-hybridized carbons (Fsp3) is 0.125. The van der Waals surface area contributed by atoms with Crippen LogP contribution in [-0.4, -0.2) is 24.1 Å². The fourth-order valence-electron chi connectivity index (χ4n) is 2.76. The molecule has 0 aliphatic rings. The van der Waals surface area contributed by atoms with Crippen molar-refractivity contribution in [1.82, 2.24) is 5.43 Å². The molecule has 0 radical (unpaired) electrons. The van der Waals surface area contributed by atoms with Gasteiger partial charge in [-0.3, -0.25) is 9.59 Å². The average Bonchev–Trinajstić information content (AvgIpc) is 2.77. The van der Waals surface area contributed by atoms with Crippen LogP contribution in [0.3, 0.4) is 0 Å². The minimum absolute atomic E-state index is 0.172. The van der Waals surface area contributed by atoms with E-state index in [1.165, 1.54) is 0 Å². The maximum absolute atomic E-state index is 12.3. The Morgan fingerprint density at radius 3 is 2.19 bits per heavy atom. The molecule has 2 amide bonds. The smallest absolute Gasteiger partial charge is 0.277 e. The lowest BCUT2D eigenvalue weighted by Gasteiger charge is -2.09. The SMILES string of the molecule is C/C(=N\NC(=O)COc1ccc(Cl)cc1C)c1ccc(NC(=O)c2ccc(Cl)cc2)cc1. The lowest BCUT2D eigenvalue weighted by atomic mass is 10.1. The molecule has 0 unspecified atom stereocenters. The third kappa shape index (κ3) is 6.57. The first-order valence-electron chi connectivity index (χ1n) is 9.71. The van der Waals surface area contributed by atoms with Gasteiger partial charge in [0, 0.05) is 21.3 Å². The van der Waals surface area contributed by atoms with E-state index in [0.29, 0.717) is 32.8 Å². The van der Waals surface area contributed by atoms with E-state index < -0.39 is 0 Å². The van der Waals surface area contributed by atoms with Gasteiger partial charge in [-0.15, -0.1) is 0 Å². The molecule has 6 nitrogen and oxygen atoms in total. The van der Waals surface area contributed by atoms with Gasteiger partial charge in [-0.05, 0) is 79.6 Å². The van der Waals surface area contributed by atoms with Crippen molar-refractivity contribution in [2.75, 3.05) is 11.9 Å². The molecule has 0 aliphatic heterocycles. The highest BCUT2D eigenvalue weighted by molar-refractivity contribution is 6.31. The van der Waals surface area contributed by atoms with E-state index >= 15 is 0 Å². The normalized spacial score (nSPS) is 11.1. The van der Waals surface area contributed by atoms with Crippen molar-refractivity contribution in [2.24, 2.45) is 5.10 Å². The molecular formula is C24H21Cl2N3O3. The van der Waals surface area contributed by atoms with Gasteiger partial charge in [-0.25, -0.2) is 5.43 Å². The Labute approximate surface area is 196 Å². The van der Waals surface area contributed by atoms with Gasteiger partial charge in [0.25, 0.3) is 11.8 Å². The van der Waals surface area contributed by atoms with Crippen LogP contribution in [0.1, 0.15) is 28.4 Å². The lowest BCUT2D eigenvalue weighted by molar-refractivity contribution is -0.123. The molecule has 0 saturated carbocycles. The highest BCUT2D eigenvalue weighted by atomic mass is 35.5. The molecule has 0 fully saturated rings. The fourth-order valence-corrected chi connectivity index (χ4v) is 3.11. The minimum Gasteiger partial charge on any atom is -0.483 e. The molecule has 3 aromatic rings. The van der Waals surface area contributed by atoms with Crippen LogP contribution in [-0.2, 0) is 4.79 Å². The van der Waals surface area contributed by atoms with Gasteiger partial charge >= 0.3 is 0 Å². The van der Waals surface area contributed by atoms with Gasteiger partial charge in [0.1, 0.15) is 5.75 Å². The molecule has 0 aromatic heterocycles. The minimum atomic E-state index is -0.384. The van der Waals surface area contributed by atoms with Crippen molar-refractivity contribution >= 4 is 46.4 Å². The van der Waals surface area contributed by atoms with Crippen LogP contribution in [0.25, 0.3) is 0 Å². The zero-order valence-corrected chi connectivity index (χ0v) is 19.0. The number of anilines is 1. The lowest BCUT2D eigenvalue weighted by Crippen LogP contribution is -2.25. The van der Waals surface area contributed by atoms with Gasteiger partial charge in [0.2, 0.25) is 0 Å². The maximum atomic E-state index is 12.3. The first-order valence-corrected chi connectivity index (χ1v) is 10.5. The number of carbonyl (C=O) groups excluding carboxylic acids is 2. The highest BCUT2D eigenvalue weighted by Crippen LogP contribution is 2.21. The van der Waals surface area contributed by atoms with Crippen molar-refractivity contribution in [1.29, 1.82) is 0 Å².